The summed E-state index contributed by atoms with van der Waals surface area (Å²) in [4.78, 5) is 2.20. The highest BCUT2D eigenvalue weighted by Crippen LogP contribution is 2.26. The minimum Gasteiger partial charge on any atom is -0.297 e. The lowest BCUT2D eigenvalue weighted by Gasteiger charge is -2.26. The molecule has 1 aliphatic heterocycles. The average molecular weight is 319 g/mol. The van der Waals surface area contributed by atoms with Crippen molar-refractivity contribution >= 4 is 9.84 Å². The summed E-state index contributed by atoms with van der Waals surface area (Å²) in [7, 11) is -2.82. The Balaban J connectivity index is 1.78. The zero-order valence-corrected chi connectivity index (χ0v) is 13.8. The molecule has 0 amide bonds. The van der Waals surface area contributed by atoms with E-state index in [-0.39, 0.29) is 11.5 Å². The van der Waals surface area contributed by atoms with Crippen molar-refractivity contribution in [2.45, 2.75) is 20.4 Å². The van der Waals surface area contributed by atoms with Gasteiger partial charge in [0.1, 0.15) is 0 Å². The van der Waals surface area contributed by atoms with E-state index in [1.165, 1.54) is 5.56 Å². The number of sulfone groups is 1. The van der Waals surface area contributed by atoms with Gasteiger partial charge in [-0.25, -0.2) is 8.42 Å². The Morgan fingerprint density at radius 2 is 1.95 bits per heavy atom. The lowest BCUT2D eigenvalue weighted by molar-refractivity contribution is 0.288. The van der Waals surface area contributed by atoms with E-state index in [1.54, 1.807) is 0 Å². The summed E-state index contributed by atoms with van der Waals surface area (Å²) in [6, 6.07) is 8.41. The van der Waals surface area contributed by atoms with E-state index >= 15 is 0 Å². The molecular weight excluding hydrogens is 298 g/mol. The van der Waals surface area contributed by atoms with Crippen molar-refractivity contribution in [1.82, 2.24) is 15.1 Å². The smallest absolute Gasteiger partial charge is 0.152 e. The molecule has 0 atom stereocenters. The Hall–Kier alpha value is -1.66. The summed E-state index contributed by atoms with van der Waals surface area (Å²) >= 11 is 0. The molecule has 2 heterocycles. The molecule has 1 aromatic carbocycles. The van der Waals surface area contributed by atoms with Crippen molar-refractivity contribution in [3.63, 3.8) is 0 Å². The van der Waals surface area contributed by atoms with Gasteiger partial charge in [0.25, 0.3) is 0 Å². The number of H-pyrrole nitrogens is 1. The second-order valence-corrected chi connectivity index (χ2v) is 8.24. The van der Waals surface area contributed by atoms with Gasteiger partial charge >= 0.3 is 0 Å². The van der Waals surface area contributed by atoms with Gasteiger partial charge in [-0.3, -0.25) is 10.00 Å². The Kier molecular flexibility index (Phi) is 4.06. The highest BCUT2D eigenvalue weighted by atomic mass is 32.2. The zero-order valence-electron chi connectivity index (χ0n) is 13.0. The lowest BCUT2D eigenvalue weighted by atomic mass is 10.0. The van der Waals surface area contributed by atoms with Gasteiger partial charge in [0.15, 0.2) is 9.84 Å². The van der Waals surface area contributed by atoms with Gasteiger partial charge in [-0.1, -0.05) is 18.2 Å². The van der Waals surface area contributed by atoms with Crippen LogP contribution in [-0.4, -0.2) is 48.1 Å². The van der Waals surface area contributed by atoms with Gasteiger partial charge in [0.05, 0.1) is 17.2 Å². The number of hydrogen-bond acceptors (Lipinski definition) is 4. The van der Waals surface area contributed by atoms with E-state index in [9.17, 15) is 8.42 Å². The van der Waals surface area contributed by atoms with Crippen LogP contribution >= 0.6 is 0 Å². The van der Waals surface area contributed by atoms with Gasteiger partial charge in [0, 0.05) is 30.9 Å². The summed E-state index contributed by atoms with van der Waals surface area (Å²) in [5, 5.41) is 7.27. The fourth-order valence-electron chi connectivity index (χ4n) is 2.97. The number of aromatic amines is 1. The van der Waals surface area contributed by atoms with E-state index in [0.29, 0.717) is 13.1 Å². The summed E-state index contributed by atoms with van der Waals surface area (Å²) in [5.74, 6) is 0.541. The van der Waals surface area contributed by atoms with Crippen molar-refractivity contribution in [2.75, 3.05) is 24.6 Å². The number of aromatic nitrogens is 2. The van der Waals surface area contributed by atoms with Crippen molar-refractivity contribution < 1.29 is 8.42 Å². The third-order valence-electron chi connectivity index (χ3n) is 4.19. The number of aryl methyl sites for hydroxylation is 2. The van der Waals surface area contributed by atoms with Gasteiger partial charge < -0.3 is 0 Å². The second-order valence-electron chi connectivity index (χ2n) is 5.94. The minimum absolute atomic E-state index is 0.270. The Bertz CT molecular complexity index is 747. The molecule has 22 heavy (non-hydrogen) atoms. The molecule has 0 aliphatic carbocycles. The molecule has 118 valence electrons. The van der Waals surface area contributed by atoms with Crippen LogP contribution in [0.5, 0.6) is 0 Å². The van der Waals surface area contributed by atoms with Gasteiger partial charge in [0.2, 0.25) is 0 Å². The normalized spacial score (nSPS) is 18.5. The summed E-state index contributed by atoms with van der Waals surface area (Å²) < 4.78 is 23.0. The van der Waals surface area contributed by atoms with Crippen molar-refractivity contribution in [1.29, 1.82) is 0 Å². The zero-order chi connectivity index (χ0) is 15.7. The summed E-state index contributed by atoms with van der Waals surface area (Å²) in [6.45, 7) is 6.06. The molecule has 2 aromatic rings. The number of rotatable bonds is 3. The van der Waals surface area contributed by atoms with Crippen LogP contribution in [-0.2, 0) is 16.4 Å². The molecule has 1 aliphatic rings. The standard InChI is InChI=1S/C16H21N3O2S/c1-12-16(13(2)18-17-12)15-5-3-4-14(10-15)11-19-6-8-22(20,21)9-7-19/h3-5,10H,6-9,11H2,1-2H3,(H,17,18). The Morgan fingerprint density at radius 1 is 1.23 bits per heavy atom. The van der Waals surface area contributed by atoms with E-state index in [0.717, 1.165) is 29.1 Å². The van der Waals surface area contributed by atoms with Crippen LogP contribution in [0.2, 0.25) is 0 Å². The molecule has 0 bridgehead atoms. The lowest BCUT2D eigenvalue weighted by Crippen LogP contribution is -2.39. The number of hydrogen-bond donors (Lipinski definition) is 1. The predicted molar refractivity (Wildman–Crippen MR) is 87.4 cm³/mol. The number of nitrogens with zero attached hydrogens (tertiary/aromatic N) is 2. The fraction of sp³-hybridized carbons (Fsp3) is 0.438. The maximum absolute atomic E-state index is 11.5. The molecule has 0 unspecified atom stereocenters. The maximum Gasteiger partial charge on any atom is 0.152 e. The number of benzene rings is 1. The largest absolute Gasteiger partial charge is 0.297 e. The fourth-order valence-corrected chi connectivity index (χ4v) is 4.24. The topological polar surface area (TPSA) is 66.1 Å². The first-order valence-corrected chi connectivity index (χ1v) is 9.30. The van der Waals surface area contributed by atoms with Gasteiger partial charge in [-0.2, -0.15) is 5.10 Å². The molecule has 0 spiro atoms. The van der Waals surface area contributed by atoms with Crippen LogP contribution in [0.4, 0.5) is 0 Å². The van der Waals surface area contributed by atoms with Crippen LogP contribution in [0.25, 0.3) is 11.1 Å². The molecule has 1 fully saturated rings. The summed E-state index contributed by atoms with van der Waals surface area (Å²) in [5.41, 5.74) is 5.59. The van der Waals surface area contributed by atoms with E-state index in [1.807, 2.05) is 13.8 Å². The van der Waals surface area contributed by atoms with Crippen molar-refractivity contribution in [2.24, 2.45) is 0 Å². The van der Waals surface area contributed by atoms with E-state index in [2.05, 4.69) is 39.4 Å². The van der Waals surface area contributed by atoms with Crippen LogP contribution in [0.1, 0.15) is 17.0 Å². The predicted octanol–water partition coefficient (Wildman–Crippen LogP) is 1.92. The molecule has 0 radical (unpaired) electrons. The van der Waals surface area contributed by atoms with Gasteiger partial charge in [-0.15, -0.1) is 0 Å². The maximum atomic E-state index is 11.5. The average Bonchev–Trinajstić information content (AvgIpc) is 2.81. The summed E-state index contributed by atoms with van der Waals surface area (Å²) in [6.07, 6.45) is 0. The van der Waals surface area contributed by atoms with Gasteiger partial charge in [-0.05, 0) is 31.0 Å². The molecule has 1 aromatic heterocycles. The quantitative estimate of drug-likeness (QED) is 0.939. The molecule has 1 N–H and O–H groups in total. The third-order valence-corrected chi connectivity index (χ3v) is 5.80. The highest BCUT2D eigenvalue weighted by Gasteiger charge is 2.21. The Morgan fingerprint density at radius 3 is 2.59 bits per heavy atom. The SMILES string of the molecule is Cc1n[nH]c(C)c1-c1cccc(CN2CCS(=O)(=O)CC2)c1. The molecule has 0 saturated carbocycles. The minimum atomic E-state index is -2.82. The number of nitrogens with one attached hydrogen (secondary N) is 1. The molecule has 3 rings (SSSR count). The first-order chi connectivity index (χ1) is 10.4. The van der Waals surface area contributed by atoms with E-state index < -0.39 is 9.84 Å². The highest BCUT2D eigenvalue weighted by molar-refractivity contribution is 7.91. The van der Waals surface area contributed by atoms with E-state index in [4.69, 9.17) is 0 Å². The van der Waals surface area contributed by atoms with Crippen molar-refractivity contribution in [3.8, 4) is 11.1 Å². The molecule has 1 saturated heterocycles. The Labute approximate surface area is 131 Å². The first-order valence-electron chi connectivity index (χ1n) is 7.48. The third kappa shape index (κ3) is 3.23. The van der Waals surface area contributed by atoms with Crippen LogP contribution < -0.4 is 0 Å². The van der Waals surface area contributed by atoms with Crippen molar-refractivity contribution in [3.05, 3.63) is 41.2 Å². The monoisotopic (exact) mass is 319 g/mol. The van der Waals surface area contributed by atoms with Crippen LogP contribution in [0.15, 0.2) is 24.3 Å². The molecular formula is C16H21N3O2S. The van der Waals surface area contributed by atoms with Crippen LogP contribution in [0, 0.1) is 13.8 Å². The van der Waals surface area contributed by atoms with Crippen LogP contribution in [0.3, 0.4) is 0 Å². The molecule has 5 nitrogen and oxygen atoms in total. The second kappa shape index (κ2) is 5.85. The first kappa shape index (κ1) is 15.2. The molecule has 6 heteroatoms.